The van der Waals surface area contributed by atoms with Crippen LogP contribution in [0.3, 0.4) is 0 Å². The second-order valence-electron chi connectivity index (χ2n) is 9.20. The van der Waals surface area contributed by atoms with Crippen molar-refractivity contribution in [2.24, 2.45) is 0 Å². The van der Waals surface area contributed by atoms with Crippen LogP contribution >= 0.6 is 22.9 Å². The van der Waals surface area contributed by atoms with E-state index in [0.29, 0.717) is 17.8 Å². The van der Waals surface area contributed by atoms with Crippen LogP contribution in [0.15, 0.2) is 52.8 Å². The van der Waals surface area contributed by atoms with Gasteiger partial charge in [-0.3, -0.25) is 19.1 Å². The molecule has 1 saturated heterocycles. The van der Waals surface area contributed by atoms with Gasteiger partial charge in [0.2, 0.25) is 5.88 Å². The minimum Gasteiger partial charge on any atom is -0.493 e. The number of amides is 1. The zero-order valence-electron chi connectivity index (χ0n) is 20.8. The Labute approximate surface area is 227 Å². The topological polar surface area (TPSA) is 101 Å². The molecule has 38 heavy (non-hydrogen) atoms. The molecular weight excluding hydrogens is 529 g/mol. The van der Waals surface area contributed by atoms with Gasteiger partial charge in [-0.15, -0.1) is 11.3 Å². The lowest BCUT2D eigenvalue weighted by Crippen LogP contribution is -2.38. The highest BCUT2D eigenvalue weighted by molar-refractivity contribution is 7.13. The summed E-state index contributed by atoms with van der Waals surface area (Å²) in [6.07, 6.45) is 2.36. The maximum absolute atomic E-state index is 14.5. The van der Waals surface area contributed by atoms with Gasteiger partial charge in [0.25, 0.3) is 11.5 Å². The van der Waals surface area contributed by atoms with Crippen LogP contribution in [-0.2, 0) is 0 Å². The summed E-state index contributed by atoms with van der Waals surface area (Å²) in [7, 11) is 0. The number of nitrogens with zero attached hydrogens (tertiary/aromatic N) is 5. The summed E-state index contributed by atoms with van der Waals surface area (Å²) in [5, 5.41) is 13.4. The number of aromatic nitrogens is 4. The number of aryl methyl sites for hydroxylation is 1. The van der Waals surface area contributed by atoms with Crippen LogP contribution in [0.1, 0.15) is 59.0 Å². The molecule has 1 aromatic carbocycles. The van der Waals surface area contributed by atoms with Gasteiger partial charge in [0, 0.05) is 36.3 Å². The molecule has 5 rings (SSSR count). The molecule has 0 saturated carbocycles. The molecule has 4 aromatic rings. The molecule has 8 nitrogen and oxygen atoms in total. The highest BCUT2D eigenvalue weighted by Gasteiger charge is 2.35. The van der Waals surface area contributed by atoms with E-state index in [2.05, 4.69) is 15.0 Å². The number of likely N-dealkylation sites (tertiary alicyclic amines) is 1. The van der Waals surface area contributed by atoms with Crippen molar-refractivity contribution in [2.75, 3.05) is 13.1 Å². The highest BCUT2D eigenvalue weighted by atomic mass is 35.5. The third-order valence-electron chi connectivity index (χ3n) is 6.70. The lowest BCUT2D eigenvalue weighted by molar-refractivity contribution is 0.0783. The molecule has 3 aromatic heterocycles. The fourth-order valence-electron chi connectivity index (χ4n) is 4.90. The SMILES string of the molecule is CCC(c1ccccc1)n1c(-c2nc(C)cs2)nc(O)c(C(=O)N2CCC(c3ncc(Cl)cc3F)C2)c1=O. The number of aromatic hydroxyl groups is 1. The Hall–Kier alpha value is -3.63. The number of pyridine rings is 1. The summed E-state index contributed by atoms with van der Waals surface area (Å²) in [5.74, 6) is -2.01. The van der Waals surface area contributed by atoms with Crippen molar-refractivity contribution in [1.29, 1.82) is 0 Å². The minimum atomic E-state index is -0.657. The Kier molecular flexibility index (Phi) is 7.27. The molecule has 4 heterocycles. The normalized spacial score (nSPS) is 16.1. The number of carbonyl (C=O) groups excluding carboxylic acids is 1. The van der Waals surface area contributed by atoms with Gasteiger partial charge in [-0.05, 0) is 31.4 Å². The maximum atomic E-state index is 14.5. The van der Waals surface area contributed by atoms with Crippen LogP contribution in [0.4, 0.5) is 4.39 Å². The van der Waals surface area contributed by atoms with Crippen LogP contribution in [0, 0.1) is 12.7 Å². The van der Waals surface area contributed by atoms with Crippen molar-refractivity contribution in [1.82, 2.24) is 24.4 Å². The van der Waals surface area contributed by atoms with Crippen LogP contribution in [0.25, 0.3) is 10.8 Å². The van der Waals surface area contributed by atoms with Crippen molar-refractivity contribution in [3.05, 3.63) is 91.7 Å². The molecule has 0 bridgehead atoms. The standard InChI is InChI=1S/C27H25ClFN5O3S/c1-3-20(16-7-5-4-6-8-16)34-23(25-31-15(2)14-38-25)32-24(35)21(27(34)37)26(36)33-10-9-17(13-33)22-19(29)11-18(28)12-30-22/h4-8,11-12,14,17,20,35H,3,9-10,13H2,1-2H3. The number of hydrogen-bond donors (Lipinski definition) is 1. The smallest absolute Gasteiger partial charge is 0.271 e. The summed E-state index contributed by atoms with van der Waals surface area (Å²) in [6.45, 7) is 4.19. The van der Waals surface area contributed by atoms with Crippen molar-refractivity contribution in [3.63, 3.8) is 0 Å². The average molecular weight is 554 g/mol. The molecule has 0 spiro atoms. The summed E-state index contributed by atoms with van der Waals surface area (Å²) >= 11 is 7.14. The summed E-state index contributed by atoms with van der Waals surface area (Å²) in [6, 6.07) is 10.2. The lowest BCUT2D eigenvalue weighted by atomic mass is 10.0. The van der Waals surface area contributed by atoms with Crippen LogP contribution in [0.5, 0.6) is 5.88 Å². The molecule has 196 valence electrons. The van der Waals surface area contributed by atoms with Crippen molar-refractivity contribution >= 4 is 28.8 Å². The van der Waals surface area contributed by atoms with E-state index in [0.717, 1.165) is 11.3 Å². The Morgan fingerprint density at radius 1 is 1.29 bits per heavy atom. The minimum absolute atomic E-state index is 0.145. The van der Waals surface area contributed by atoms with Crippen LogP contribution in [0.2, 0.25) is 5.02 Å². The van der Waals surface area contributed by atoms with Gasteiger partial charge in [-0.1, -0.05) is 48.9 Å². The Morgan fingerprint density at radius 2 is 2.05 bits per heavy atom. The molecular formula is C27H25ClFN5O3S. The summed E-state index contributed by atoms with van der Waals surface area (Å²) < 4.78 is 15.9. The van der Waals surface area contributed by atoms with Crippen LogP contribution in [-0.4, -0.2) is 48.5 Å². The molecule has 1 aliphatic heterocycles. The molecule has 1 amide bonds. The Balaban J connectivity index is 1.57. The van der Waals surface area contributed by atoms with Crippen LogP contribution < -0.4 is 5.56 Å². The maximum Gasteiger partial charge on any atom is 0.271 e. The summed E-state index contributed by atoms with van der Waals surface area (Å²) in [5.41, 5.74) is 0.767. The predicted octanol–water partition coefficient (Wildman–Crippen LogP) is 5.20. The van der Waals surface area contributed by atoms with E-state index in [1.165, 1.54) is 33.1 Å². The fraction of sp³-hybridized carbons (Fsp3) is 0.296. The first-order chi connectivity index (χ1) is 18.3. The predicted molar refractivity (Wildman–Crippen MR) is 143 cm³/mol. The third-order valence-corrected chi connectivity index (χ3v) is 7.86. The number of hydrogen-bond acceptors (Lipinski definition) is 7. The molecule has 2 atom stereocenters. The van der Waals surface area contributed by atoms with E-state index < -0.39 is 34.8 Å². The molecule has 1 N–H and O–H groups in total. The number of rotatable bonds is 6. The quantitative estimate of drug-likeness (QED) is 0.352. The van der Waals surface area contributed by atoms with E-state index in [1.807, 2.05) is 49.6 Å². The molecule has 2 unspecified atom stereocenters. The van der Waals surface area contributed by atoms with Crippen molar-refractivity contribution < 1.29 is 14.3 Å². The summed E-state index contributed by atoms with van der Waals surface area (Å²) in [4.78, 5) is 42.0. The molecule has 1 fully saturated rings. The second-order valence-corrected chi connectivity index (χ2v) is 10.5. The number of thiazole rings is 1. The van der Waals surface area contributed by atoms with Gasteiger partial charge in [0.05, 0.1) is 16.8 Å². The number of halogens is 2. The monoisotopic (exact) mass is 553 g/mol. The second kappa shape index (κ2) is 10.6. The molecule has 11 heteroatoms. The van der Waals surface area contributed by atoms with Gasteiger partial charge in [-0.25, -0.2) is 9.37 Å². The van der Waals surface area contributed by atoms with E-state index in [4.69, 9.17) is 11.6 Å². The largest absolute Gasteiger partial charge is 0.493 e. The van der Waals surface area contributed by atoms with Gasteiger partial charge >= 0.3 is 0 Å². The average Bonchev–Trinajstić information content (AvgIpc) is 3.56. The van der Waals surface area contributed by atoms with E-state index in [-0.39, 0.29) is 35.5 Å². The van der Waals surface area contributed by atoms with Gasteiger partial charge in [-0.2, -0.15) is 4.98 Å². The molecule has 0 radical (unpaired) electrons. The van der Waals surface area contributed by atoms with Gasteiger partial charge in [0.1, 0.15) is 5.82 Å². The molecule has 0 aliphatic carbocycles. The van der Waals surface area contributed by atoms with E-state index >= 15 is 0 Å². The van der Waals surface area contributed by atoms with Crippen molar-refractivity contribution in [3.8, 4) is 16.7 Å². The lowest BCUT2D eigenvalue weighted by Gasteiger charge is -2.23. The highest BCUT2D eigenvalue weighted by Crippen LogP contribution is 2.33. The van der Waals surface area contributed by atoms with Crippen molar-refractivity contribution in [2.45, 2.75) is 38.6 Å². The number of carbonyl (C=O) groups is 1. The van der Waals surface area contributed by atoms with E-state index in [9.17, 15) is 19.1 Å². The fourth-order valence-corrected chi connectivity index (χ4v) is 5.83. The first-order valence-corrected chi connectivity index (χ1v) is 13.5. The first-order valence-electron chi connectivity index (χ1n) is 12.2. The zero-order valence-corrected chi connectivity index (χ0v) is 22.3. The first kappa shape index (κ1) is 26.0. The zero-order chi connectivity index (χ0) is 27.0. The third kappa shape index (κ3) is 4.81. The molecule has 1 aliphatic rings. The van der Waals surface area contributed by atoms with Gasteiger partial charge < -0.3 is 10.0 Å². The Morgan fingerprint density at radius 3 is 2.71 bits per heavy atom. The number of benzene rings is 1. The Bertz CT molecular complexity index is 1560. The van der Waals surface area contributed by atoms with Gasteiger partial charge in [0.15, 0.2) is 16.4 Å². The van der Waals surface area contributed by atoms with E-state index in [1.54, 1.807) is 0 Å².